The maximum absolute atomic E-state index is 13.5. The molecule has 2 aliphatic rings. The van der Waals surface area contributed by atoms with E-state index in [-0.39, 0.29) is 17.5 Å². The molecule has 134 valence electrons. The number of primary amides is 1. The van der Waals surface area contributed by atoms with Crippen LogP contribution < -0.4 is 15.8 Å². The summed E-state index contributed by atoms with van der Waals surface area (Å²) in [4.78, 5) is 14.1. The van der Waals surface area contributed by atoms with Gasteiger partial charge in [0.05, 0.1) is 12.2 Å². The molecule has 2 heterocycles. The van der Waals surface area contributed by atoms with Crippen molar-refractivity contribution in [3.05, 3.63) is 53.2 Å². The Bertz CT molecular complexity index is 865. The van der Waals surface area contributed by atoms with Crippen molar-refractivity contribution in [2.75, 3.05) is 11.9 Å². The molecule has 0 saturated heterocycles. The molecular formula is C18H16F2N4O2. The van der Waals surface area contributed by atoms with Gasteiger partial charge in [0, 0.05) is 17.7 Å². The van der Waals surface area contributed by atoms with Crippen molar-refractivity contribution in [2.45, 2.75) is 18.8 Å². The number of halogens is 2. The lowest BCUT2D eigenvalue weighted by Gasteiger charge is -2.41. The lowest BCUT2D eigenvalue weighted by atomic mass is 9.69. The van der Waals surface area contributed by atoms with Crippen LogP contribution in [-0.2, 0) is 0 Å². The van der Waals surface area contributed by atoms with E-state index in [1.54, 1.807) is 0 Å². The Kier molecular flexibility index (Phi) is 4.98. The summed E-state index contributed by atoms with van der Waals surface area (Å²) < 4.78 is 32.0. The first kappa shape index (κ1) is 17.6. The van der Waals surface area contributed by atoms with Gasteiger partial charge in [0.25, 0.3) is 0 Å². The molecule has 2 atom stereocenters. The fraction of sp³-hybridized carbons (Fsp3) is 0.278. The van der Waals surface area contributed by atoms with Crippen LogP contribution in [0, 0.1) is 28.9 Å². The molecule has 0 bridgehead atoms. The second-order valence-corrected chi connectivity index (χ2v) is 6.06. The molecule has 4 rings (SSSR count). The fourth-order valence-electron chi connectivity index (χ4n) is 3.04. The number of benzene rings is 1. The molecule has 8 heteroatoms. The molecule has 1 aromatic heterocycles. The zero-order valence-electron chi connectivity index (χ0n) is 13.7. The van der Waals surface area contributed by atoms with Gasteiger partial charge in [-0.3, -0.25) is 5.32 Å². The molecule has 3 N–H and O–H groups in total. The average Bonchev–Trinajstić information content (AvgIpc) is 2.59. The molecule has 1 saturated carbocycles. The Balaban J connectivity index is 0.000000153. The lowest BCUT2D eigenvalue weighted by molar-refractivity contribution is 0.112. The van der Waals surface area contributed by atoms with E-state index in [0.29, 0.717) is 29.5 Å². The number of pyridine rings is 1. The van der Waals surface area contributed by atoms with Crippen molar-refractivity contribution < 1.29 is 18.3 Å². The number of hydrogen-bond acceptors (Lipinski definition) is 4. The monoisotopic (exact) mass is 358 g/mol. The summed E-state index contributed by atoms with van der Waals surface area (Å²) in [5.74, 6) is 0.309. The number of anilines is 1. The van der Waals surface area contributed by atoms with Gasteiger partial charge in [0.2, 0.25) is 0 Å². The molecule has 1 aliphatic carbocycles. The number of urea groups is 1. The summed E-state index contributed by atoms with van der Waals surface area (Å²) in [6.07, 6.45) is 3.38. The van der Waals surface area contributed by atoms with Crippen LogP contribution in [0.3, 0.4) is 0 Å². The number of nitrogens with two attached hydrogens (primary N) is 1. The van der Waals surface area contributed by atoms with Crippen LogP contribution in [0.2, 0.25) is 0 Å². The van der Waals surface area contributed by atoms with Crippen molar-refractivity contribution >= 4 is 11.8 Å². The zero-order chi connectivity index (χ0) is 18.7. The highest BCUT2D eigenvalue weighted by Crippen LogP contribution is 2.50. The van der Waals surface area contributed by atoms with Crippen LogP contribution in [0.15, 0.2) is 30.5 Å². The molecule has 0 unspecified atom stereocenters. The largest absolute Gasteiger partial charge is 0.490 e. The molecule has 2 aromatic rings. The Morgan fingerprint density at radius 3 is 2.62 bits per heavy atom. The predicted octanol–water partition coefficient (Wildman–Crippen LogP) is 3.29. The summed E-state index contributed by atoms with van der Waals surface area (Å²) in [6, 6.07) is 6.60. The quantitative estimate of drug-likeness (QED) is 0.817. The summed E-state index contributed by atoms with van der Waals surface area (Å²) in [6.45, 7) is 0.540. The predicted molar refractivity (Wildman–Crippen MR) is 89.5 cm³/mol. The number of carbonyl (C=O) groups is 1. The number of amides is 2. The van der Waals surface area contributed by atoms with Gasteiger partial charge in [0.15, 0.2) is 11.6 Å². The van der Waals surface area contributed by atoms with Crippen molar-refractivity contribution in [3.63, 3.8) is 0 Å². The van der Waals surface area contributed by atoms with Crippen molar-refractivity contribution in [1.82, 2.24) is 4.98 Å². The number of rotatable bonds is 1. The molecular weight excluding hydrogens is 342 g/mol. The molecule has 2 amide bonds. The third-order valence-electron chi connectivity index (χ3n) is 4.47. The highest BCUT2D eigenvalue weighted by atomic mass is 19.1. The topological polar surface area (TPSA) is 101 Å². The minimum atomic E-state index is -0.674. The van der Waals surface area contributed by atoms with Crippen LogP contribution >= 0.6 is 0 Å². The van der Waals surface area contributed by atoms with E-state index < -0.39 is 11.8 Å². The highest BCUT2D eigenvalue weighted by molar-refractivity contribution is 5.86. The Labute approximate surface area is 148 Å². The first-order valence-corrected chi connectivity index (χ1v) is 8.03. The van der Waals surface area contributed by atoms with Gasteiger partial charge in [-0.1, -0.05) is 0 Å². The lowest BCUT2D eigenvalue weighted by Crippen LogP contribution is -2.34. The summed E-state index contributed by atoms with van der Waals surface area (Å²) in [7, 11) is 0. The number of nitrogens with zero attached hydrogens (tertiary/aromatic N) is 2. The van der Waals surface area contributed by atoms with Gasteiger partial charge in [-0.05, 0) is 43.0 Å². The second kappa shape index (κ2) is 7.35. The molecule has 26 heavy (non-hydrogen) atoms. The van der Waals surface area contributed by atoms with E-state index in [1.165, 1.54) is 24.4 Å². The molecule has 1 aliphatic heterocycles. The van der Waals surface area contributed by atoms with Crippen LogP contribution in [0.5, 0.6) is 5.75 Å². The summed E-state index contributed by atoms with van der Waals surface area (Å²) in [5, 5.41) is 10.7. The van der Waals surface area contributed by atoms with Gasteiger partial charge < -0.3 is 10.5 Å². The Hall–Kier alpha value is -3.21. The number of nitriles is 1. The van der Waals surface area contributed by atoms with Gasteiger partial charge in [0.1, 0.15) is 17.7 Å². The maximum Gasteiger partial charge on any atom is 0.317 e. The van der Waals surface area contributed by atoms with Crippen LogP contribution in [-0.4, -0.2) is 17.6 Å². The number of ether oxygens (including phenoxy) is 1. The first-order chi connectivity index (χ1) is 12.5. The van der Waals surface area contributed by atoms with Crippen molar-refractivity contribution in [3.8, 4) is 11.8 Å². The molecule has 0 spiro atoms. The summed E-state index contributed by atoms with van der Waals surface area (Å²) >= 11 is 0. The molecule has 1 fully saturated rings. The average molecular weight is 358 g/mol. The van der Waals surface area contributed by atoms with E-state index >= 15 is 0 Å². The zero-order valence-corrected chi connectivity index (χ0v) is 13.7. The number of nitrogens with one attached hydrogen (secondary N) is 1. The minimum absolute atomic E-state index is 0.144. The van der Waals surface area contributed by atoms with E-state index in [4.69, 9.17) is 15.7 Å². The number of aromatic nitrogens is 1. The van der Waals surface area contributed by atoms with E-state index in [1.807, 2.05) is 6.07 Å². The van der Waals surface area contributed by atoms with Gasteiger partial charge >= 0.3 is 6.03 Å². The third kappa shape index (κ3) is 3.57. The molecule has 6 nitrogen and oxygen atoms in total. The van der Waals surface area contributed by atoms with E-state index in [0.717, 1.165) is 18.9 Å². The Morgan fingerprint density at radius 2 is 2.04 bits per heavy atom. The number of fused-ring (bicyclic) bond motifs is 3. The van der Waals surface area contributed by atoms with Crippen LogP contribution in [0.4, 0.5) is 19.4 Å². The van der Waals surface area contributed by atoms with Crippen molar-refractivity contribution in [2.24, 2.45) is 11.7 Å². The van der Waals surface area contributed by atoms with E-state index in [2.05, 4.69) is 10.3 Å². The molecule has 0 radical (unpaired) electrons. The second-order valence-electron chi connectivity index (χ2n) is 6.06. The third-order valence-corrected chi connectivity index (χ3v) is 4.47. The van der Waals surface area contributed by atoms with E-state index in [9.17, 15) is 13.6 Å². The standard InChI is InChI=1S/C11H10F2O.C7H6N4O/c12-8-3-4-9(13)11-10(8)7-2-1-6(7)5-14-11;8-3-5-1-2-6(10-4-5)11-7(9)12/h3-4,6-7H,1-2,5H2;1-2,4H,(H3,9,10,11,12)/t6-,7-;/m1./s1. The Morgan fingerprint density at radius 1 is 1.27 bits per heavy atom. The number of carbonyl (C=O) groups excluding carboxylic acids is 1. The smallest absolute Gasteiger partial charge is 0.317 e. The van der Waals surface area contributed by atoms with Gasteiger partial charge in [-0.25, -0.2) is 18.6 Å². The number of hydrogen-bond donors (Lipinski definition) is 2. The minimum Gasteiger partial charge on any atom is -0.490 e. The van der Waals surface area contributed by atoms with Crippen molar-refractivity contribution in [1.29, 1.82) is 5.26 Å². The summed E-state index contributed by atoms with van der Waals surface area (Å²) in [5.41, 5.74) is 5.74. The normalized spacial score (nSPS) is 19.3. The SMILES string of the molecule is Fc1ccc(F)c2c1OC[C@H]1CC[C@@H]21.N#Cc1ccc(NC(N)=O)nc1. The van der Waals surface area contributed by atoms with Crippen LogP contribution in [0.25, 0.3) is 0 Å². The highest BCUT2D eigenvalue weighted by Gasteiger charge is 2.40. The first-order valence-electron chi connectivity index (χ1n) is 8.03. The van der Waals surface area contributed by atoms with Crippen LogP contribution in [0.1, 0.15) is 29.9 Å². The maximum atomic E-state index is 13.5. The molecule has 1 aromatic carbocycles. The van der Waals surface area contributed by atoms with Gasteiger partial charge in [-0.2, -0.15) is 5.26 Å². The fourth-order valence-corrected chi connectivity index (χ4v) is 3.04. The van der Waals surface area contributed by atoms with Gasteiger partial charge in [-0.15, -0.1) is 0 Å².